The molecule has 0 saturated carbocycles. The molecule has 0 bridgehead atoms. The number of piperidine rings is 1. The van der Waals surface area contributed by atoms with Gasteiger partial charge in [0, 0.05) is 31.8 Å². The van der Waals surface area contributed by atoms with Crippen molar-refractivity contribution < 1.29 is 14.3 Å². The zero-order valence-electron chi connectivity index (χ0n) is 14.9. The van der Waals surface area contributed by atoms with E-state index in [1.165, 1.54) is 0 Å². The number of hydrogen-bond acceptors (Lipinski definition) is 5. The number of benzene rings is 1. The van der Waals surface area contributed by atoms with Crippen LogP contribution in [0.25, 0.3) is 0 Å². The highest BCUT2D eigenvalue weighted by atomic mass is 16.5. The Morgan fingerprint density at radius 2 is 1.84 bits per heavy atom. The molecule has 2 heterocycles. The maximum absolute atomic E-state index is 12.1. The lowest BCUT2D eigenvalue weighted by Crippen LogP contribution is -2.40. The number of rotatable bonds is 4. The van der Waals surface area contributed by atoms with Crippen LogP contribution in [-0.4, -0.2) is 48.7 Å². The van der Waals surface area contributed by atoms with Crippen molar-refractivity contribution in [3.05, 3.63) is 29.8 Å². The molecule has 134 valence electrons. The van der Waals surface area contributed by atoms with E-state index in [9.17, 15) is 9.59 Å². The fraction of sp³-hybridized carbons (Fsp3) is 0.526. The van der Waals surface area contributed by atoms with Crippen LogP contribution in [0.5, 0.6) is 0 Å². The quantitative estimate of drug-likeness (QED) is 0.789. The van der Waals surface area contributed by atoms with E-state index >= 15 is 0 Å². The van der Waals surface area contributed by atoms with Gasteiger partial charge >= 0.3 is 5.97 Å². The van der Waals surface area contributed by atoms with Gasteiger partial charge in [-0.05, 0) is 49.9 Å². The normalized spacial score (nSPS) is 18.2. The summed E-state index contributed by atoms with van der Waals surface area (Å²) in [5.41, 5.74) is 2.50. The van der Waals surface area contributed by atoms with Gasteiger partial charge in [-0.1, -0.05) is 6.92 Å². The summed E-state index contributed by atoms with van der Waals surface area (Å²) >= 11 is 0. The first-order valence-corrected chi connectivity index (χ1v) is 8.89. The van der Waals surface area contributed by atoms with E-state index < -0.39 is 5.97 Å². The Morgan fingerprint density at radius 3 is 2.44 bits per heavy atom. The van der Waals surface area contributed by atoms with Crippen LogP contribution < -0.4 is 5.01 Å². The molecule has 2 aliphatic heterocycles. The van der Waals surface area contributed by atoms with Crippen molar-refractivity contribution in [3.8, 4) is 0 Å². The molecule has 2 aliphatic rings. The van der Waals surface area contributed by atoms with Gasteiger partial charge in [-0.2, -0.15) is 5.10 Å². The zero-order valence-corrected chi connectivity index (χ0v) is 14.9. The molecule has 0 spiro atoms. The molecule has 0 atom stereocenters. The molecule has 0 unspecified atom stereocenters. The average Bonchev–Trinajstić information content (AvgIpc) is 3.06. The van der Waals surface area contributed by atoms with E-state index in [2.05, 4.69) is 12.0 Å². The highest BCUT2D eigenvalue weighted by Gasteiger charge is 2.21. The fourth-order valence-electron chi connectivity index (χ4n) is 3.09. The van der Waals surface area contributed by atoms with Crippen LogP contribution in [0, 0.1) is 5.92 Å². The summed E-state index contributed by atoms with van der Waals surface area (Å²) in [7, 11) is 0. The molecule has 1 amide bonds. The Hall–Kier alpha value is -2.37. The minimum absolute atomic E-state index is 0.112. The highest BCUT2D eigenvalue weighted by Crippen LogP contribution is 2.20. The second-order valence-corrected chi connectivity index (χ2v) is 6.89. The van der Waals surface area contributed by atoms with Crippen LogP contribution in [0.15, 0.2) is 29.4 Å². The number of ether oxygens (including phenoxy) is 1. The van der Waals surface area contributed by atoms with Crippen molar-refractivity contribution in [1.29, 1.82) is 0 Å². The van der Waals surface area contributed by atoms with E-state index in [0.717, 1.165) is 50.3 Å². The van der Waals surface area contributed by atoms with Gasteiger partial charge in [-0.25, -0.2) is 4.79 Å². The van der Waals surface area contributed by atoms with Gasteiger partial charge in [0.1, 0.15) is 0 Å². The van der Waals surface area contributed by atoms with Crippen LogP contribution in [0.3, 0.4) is 0 Å². The van der Waals surface area contributed by atoms with Crippen LogP contribution in [0.1, 0.15) is 43.5 Å². The van der Waals surface area contributed by atoms with E-state index in [0.29, 0.717) is 11.5 Å². The number of carbonyl (C=O) groups excluding carboxylic acids is 2. The monoisotopic (exact) mass is 343 g/mol. The van der Waals surface area contributed by atoms with Crippen molar-refractivity contribution in [2.45, 2.75) is 33.1 Å². The minimum atomic E-state index is -0.466. The Labute approximate surface area is 148 Å². The maximum atomic E-state index is 12.1. The number of esters is 1. The van der Waals surface area contributed by atoms with Crippen LogP contribution in [0.4, 0.5) is 5.69 Å². The SMILES string of the molecule is CC1=NN(c2ccc(C(=O)OCC(=O)N3CCC(C)CC3)cc2)CC1. The zero-order chi connectivity index (χ0) is 17.8. The first-order chi connectivity index (χ1) is 12.0. The molecule has 25 heavy (non-hydrogen) atoms. The Bertz CT molecular complexity index is 661. The lowest BCUT2D eigenvalue weighted by molar-refractivity contribution is -0.135. The molecule has 3 rings (SSSR count). The summed E-state index contributed by atoms with van der Waals surface area (Å²) in [6, 6.07) is 7.14. The number of nitrogens with zero attached hydrogens (tertiary/aromatic N) is 3. The Kier molecular flexibility index (Phi) is 5.36. The Balaban J connectivity index is 1.50. The lowest BCUT2D eigenvalue weighted by Gasteiger charge is -2.30. The summed E-state index contributed by atoms with van der Waals surface area (Å²) in [6.07, 6.45) is 2.99. The summed E-state index contributed by atoms with van der Waals surface area (Å²) in [5, 5.41) is 6.36. The molecule has 6 nitrogen and oxygen atoms in total. The molecule has 6 heteroatoms. The third kappa shape index (κ3) is 4.38. The molecular weight excluding hydrogens is 318 g/mol. The van der Waals surface area contributed by atoms with E-state index in [4.69, 9.17) is 4.74 Å². The van der Waals surface area contributed by atoms with Gasteiger partial charge in [0.15, 0.2) is 6.61 Å². The predicted octanol–water partition coefficient (Wildman–Crippen LogP) is 2.69. The summed E-state index contributed by atoms with van der Waals surface area (Å²) in [5.74, 6) is 0.0824. The van der Waals surface area contributed by atoms with Crippen molar-refractivity contribution >= 4 is 23.3 Å². The molecule has 1 aromatic rings. The van der Waals surface area contributed by atoms with E-state index in [1.54, 1.807) is 17.0 Å². The van der Waals surface area contributed by atoms with Crippen molar-refractivity contribution in [1.82, 2.24) is 4.90 Å². The van der Waals surface area contributed by atoms with Crippen molar-refractivity contribution in [3.63, 3.8) is 0 Å². The first kappa shape index (κ1) is 17.5. The predicted molar refractivity (Wildman–Crippen MR) is 96.8 cm³/mol. The number of hydrogen-bond donors (Lipinski definition) is 0. The largest absolute Gasteiger partial charge is 0.452 e. The van der Waals surface area contributed by atoms with E-state index in [1.807, 2.05) is 24.1 Å². The number of amides is 1. The third-order valence-corrected chi connectivity index (χ3v) is 4.84. The second-order valence-electron chi connectivity index (χ2n) is 6.89. The fourth-order valence-corrected chi connectivity index (χ4v) is 3.09. The molecule has 0 aromatic heterocycles. The van der Waals surface area contributed by atoms with Crippen LogP contribution >= 0.6 is 0 Å². The molecule has 1 saturated heterocycles. The van der Waals surface area contributed by atoms with Crippen LogP contribution in [0.2, 0.25) is 0 Å². The second kappa shape index (κ2) is 7.68. The van der Waals surface area contributed by atoms with Crippen LogP contribution in [-0.2, 0) is 9.53 Å². The number of anilines is 1. The standard InChI is InChI=1S/C19H25N3O3/c1-14-7-10-21(11-8-14)18(23)13-25-19(24)16-3-5-17(6-4-16)22-12-9-15(2)20-22/h3-6,14H,7-13H2,1-2H3. The highest BCUT2D eigenvalue weighted by molar-refractivity contribution is 5.92. The van der Waals surface area contributed by atoms with Gasteiger partial charge in [-0.3, -0.25) is 9.80 Å². The topological polar surface area (TPSA) is 62.2 Å². The number of hydrazone groups is 1. The molecule has 0 N–H and O–H groups in total. The molecular formula is C19H25N3O3. The summed E-state index contributed by atoms with van der Waals surface area (Å²) < 4.78 is 5.18. The van der Waals surface area contributed by atoms with Crippen molar-refractivity contribution in [2.24, 2.45) is 11.0 Å². The lowest BCUT2D eigenvalue weighted by atomic mass is 9.99. The van der Waals surface area contributed by atoms with Gasteiger partial charge in [-0.15, -0.1) is 0 Å². The van der Waals surface area contributed by atoms with Gasteiger partial charge in [0.2, 0.25) is 0 Å². The van der Waals surface area contributed by atoms with E-state index in [-0.39, 0.29) is 12.5 Å². The smallest absolute Gasteiger partial charge is 0.338 e. The first-order valence-electron chi connectivity index (χ1n) is 8.89. The minimum Gasteiger partial charge on any atom is -0.452 e. The molecule has 1 fully saturated rings. The van der Waals surface area contributed by atoms with Gasteiger partial charge < -0.3 is 9.64 Å². The van der Waals surface area contributed by atoms with Crippen molar-refractivity contribution in [2.75, 3.05) is 31.3 Å². The maximum Gasteiger partial charge on any atom is 0.338 e. The summed E-state index contributed by atoms with van der Waals surface area (Å²) in [6.45, 7) is 6.37. The summed E-state index contributed by atoms with van der Waals surface area (Å²) in [4.78, 5) is 26.0. The number of carbonyl (C=O) groups is 2. The molecule has 0 radical (unpaired) electrons. The van der Waals surface area contributed by atoms with Gasteiger partial charge in [0.25, 0.3) is 5.91 Å². The Morgan fingerprint density at radius 1 is 1.16 bits per heavy atom. The van der Waals surface area contributed by atoms with Gasteiger partial charge in [0.05, 0.1) is 11.3 Å². The number of likely N-dealkylation sites (tertiary alicyclic amines) is 1. The molecule has 0 aliphatic carbocycles. The third-order valence-electron chi connectivity index (χ3n) is 4.84. The average molecular weight is 343 g/mol. The molecule has 1 aromatic carbocycles.